The van der Waals surface area contributed by atoms with Gasteiger partial charge >= 0.3 is 0 Å². The van der Waals surface area contributed by atoms with Crippen LogP contribution in [0.15, 0.2) is 145 Å². The summed E-state index contributed by atoms with van der Waals surface area (Å²) in [5.41, 5.74) is 6.20. The van der Waals surface area contributed by atoms with Crippen LogP contribution in [-0.2, 0) is 0 Å². The number of nitrogens with zero attached hydrogens (tertiary/aromatic N) is 3. The Kier molecular flexibility index (Phi) is 7.68. The summed E-state index contributed by atoms with van der Waals surface area (Å²) in [6.07, 6.45) is -0.292. The monoisotopic (exact) mass is 538 g/mol. The summed E-state index contributed by atoms with van der Waals surface area (Å²) >= 11 is 0. The van der Waals surface area contributed by atoms with Gasteiger partial charge in [0.05, 0.1) is 5.92 Å². The number of ether oxygens (including phenoxy) is 1. The summed E-state index contributed by atoms with van der Waals surface area (Å²) < 4.78 is 6.90. The van der Waals surface area contributed by atoms with E-state index in [2.05, 4.69) is 126 Å². The van der Waals surface area contributed by atoms with Gasteiger partial charge < -0.3 is 15.0 Å². The van der Waals surface area contributed by atoms with Crippen LogP contribution in [0, 0.1) is 5.92 Å². The predicted molar refractivity (Wildman–Crippen MR) is 171 cm³/mol. The molecule has 0 aliphatic carbocycles. The molecule has 2 atom stereocenters. The van der Waals surface area contributed by atoms with Gasteiger partial charge in [-0.25, -0.2) is 4.99 Å². The highest BCUT2D eigenvalue weighted by molar-refractivity contribution is 6.07. The van der Waals surface area contributed by atoms with Crippen molar-refractivity contribution < 1.29 is 4.74 Å². The summed E-state index contributed by atoms with van der Waals surface area (Å²) in [6.45, 7) is 0.618. The number of aliphatic imine (C=N–C) groups is 1. The van der Waals surface area contributed by atoms with Crippen molar-refractivity contribution in [3.8, 4) is 5.75 Å². The van der Waals surface area contributed by atoms with E-state index in [-0.39, 0.29) is 12.0 Å². The molecule has 5 heteroatoms. The van der Waals surface area contributed by atoms with Gasteiger partial charge in [0.2, 0.25) is 0 Å². The number of nitrogens with one attached hydrogen (secondary N) is 1. The molecule has 6 rings (SSSR count). The Labute approximate surface area is 242 Å². The zero-order valence-corrected chi connectivity index (χ0v) is 23.4. The maximum absolute atomic E-state index is 6.90. The van der Waals surface area contributed by atoms with Crippen LogP contribution in [0.1, 0.15) is 11.7 Å². The third kappa shape index (κ3) is 5.80. The Morgan fingerprint density at radius 1 is 0.634 bits per heavy atom. The number of para-hydroxylation sites is 5. The second-order valence-electron chi connectivity index (χ2n) is 10.3. The van der Waals surface area contributed by atoms with Crippen LogP contribution in [0.4, 0.5) is 28.4 Å². The van der Waals surface area contributed by atoms with Crippen LogP contribution < -0.4 is 19.9 Å². The highest BCUT2D eigenvalue weighted by atomic mass is 16.5. The summed E-state index contributed by atoms with van der Waals surface area (Å²) in [5, 5.41) is 3.69. The molecule has 1 heterocycles. The van der Waals surface area contributed by atoms with Crippen LogP contribution in [0.2, 0.25) is 0 Å². The number of hydrogen-bond donors (Lipinski definition) is 1. The van der Waals surface area contributed by atoms with Gasteiger partial charge in [-0.1, -0.05) is 78.9 Å². The predicted octanol–water partition coefficient (Wildman–Crippen LogP) is 8.48. The second kappa shape index (κ2) is 12.0. The van der Waals surface area contributed by atoms with E-state index in [1.165, 1.54) is 0 Å². The molecule has 0 spiro atoms. The average molecular weight is 539 g/mol. The van der Waals surface area contributed by atoms with Crippen molar-refractivity contribution in [1.82, 2.24) is 0 Å². The van der Waals surface area contributed by atoms with Crippen molar-refractivity contribution in [2.24, 2.45) is 10.9 Å². The lowest BCUT2D eigenvalue weighted by Crippen LogP contribution is -2.40. The van der Waals surface area contributed by atoms with Crippen molar-refractivity contribution in [3.63, 3.8) is 0 Å². The summed E-state index contributed by atoms with van der Waals surface area (Å²) in [6, 6.07) is 48.0. The molecule has 0 bridgehead atoms. The minimum atomic E-state index is -0.292. The zero-order chi connectivity index (χ0) is 28.0. The SMILES string of the molecule is CN(C)c1ccc(C2Oc3ccccc3N=C(N(c3ccccc3)c3ccccc3)C2CNc2ccccc2)cc1. The number of rotatable bonds is 7. The lowest BCUT2D eigenvalue weighted by atomic mass is 9.92. The summed E-state index contributed by atoms with van der Waals surface area (Å²) in [5.74, 6) is 1.54. The fraction of sp³-hybridized carbons (Fsp3) is 0.139. The van der Waals surface area contributed by atoms with Crippen molar-refractivity contribution in [3.05, 3.63) is 145 Å². The quantitative estimate of drug-likeness (QED) is 0.226. The number of fused-ring (bicyclic) bond motifs is 1. The molecular weight excluding hydrogens is 504 g/mol. The van der Waals surface area contributed by atoms with E-state index >= 15 is 0 Å². The molecule has 41 heavy (non-hydrogen) atoms. The molecule has 0 aromatic heterocycles. The Morgan fingerprint density at radius 2 is 1.20 bits per heavy atom. The van der Waals surface area contributed by atoms with E-state index in [1.807, 2.05) is 42.5 Å². The van der Waals surface area contributed by atoms with Crippen LogP contribution in [-0.4, -0.2) is 26.5 Å². The molecule has 0 saturated heterocycles. The van der Waals surface area contributed by atoms with Gasteiger partial charge in [0.1, 0.15) is 23.4 Å². The van der Waals surface area contributed by atoms with Crippen molar-refractivity contribution in [2.45, 2.75) is 6.10 Å². The van der Waals surface area contributed by atoms with Crippen LogP contribution in [0.5, 0.6) is 5.75 Å². The molecule has 5 aromatic rings. The highest BCUT2D eigenvalue weighted by Crippen LogP contribution is 2.42. The topological polar surface area (TPSA) is 40.1 Å². The fourth-order valence-electron chi connectivity index (χ4n) is 5.24. The molecule has 5 nitrogen and oxygen atoms in total. The van der Waals surface area contributed by atoms with Gasteiger partial charge in [0, 0.05) is 43.4 Å². The van der Waals surface area contributed by atoms with Crippen molar-refractivity contribution in [2.75, 3.05) is 35.8 Å². The Bertz CT molecular complexity index is 1550. The third-order valence-electron chi connectivity index (χ3n) is 7.35. The van der Waals surface area contributed by atoms with E-state index in [0.29, 0.717) is 6.54 Å². The standard InChI is InChI=1S/C36H34N4O/c1-39(2)29-24-22-27(23-25-29)35-32(26-37-28-14-6-3-7-15-28)36(38-33-20-12-13-21-34(33)41-35)40(30-16-8-4-9-17-30)31-18-10-5-11-19-31/h3-25,32,35,37H,26H2,1-2H3. The van der Waals surface area contributed by atoms with Crippen LogP contribution in [0.25, 0.3) is 0 Å². The maximum Gasteiger partial charge on any atom is 0.145 e. The third-order valence-corrected chi connectivity index (χ3v) is 7.35. The van der Waals surface area contributed by atoms with E-state index < -0.39 is 0 Å². The van der Waals surface area contributed by atoms with Crippen LogP contribution >= 0.6 is 0 Å². The molecule has 5 aromatic carbocycles. The van der Waals surface area contributed by atoms with Crippen molar-refractivity contribution >= 4 is 34.3 Å². The molecule has 0 fully saturated rings. The molecule has 2 unspecified atom stereocenters. The van der Waals surface area contributed by atoms with Gasteiger partial charge in [0.25, 0.3) is 0 Å². The first-order chi connectivity index (χ1) is 20.2. The first-order valence-corrected chi connectivity index (χ1v) is 14.0. The van der Waals surface area contributed by atoms with E-state index in [1.54, 1.807) is 0 Å². The smallest absolute Gasteiger partial charge is 0.145 e. The first kappa shape index (κ1) is 26.2. The minimum absolute atomic E-state index is 0.145. The fourth-order valence-corrected chi connectivity index (χ4v) is 5.24. The largest absolute Gasteiger partial charge is 0.483 e. The van der Waals surface area contributed by atoms with E-state index in [9.17, 15) is 0 Å². The molecule has 0 amide bonds. The number of amidine groups is 1. The van der Waals surface area contributed by atoms with Gasteiger partial charge in [0.15, 0.2) is 0 Å². The second-order valence-corrected chi connectivity index (χ2v) is 10.3. The summed E-state index contributed by atoms with van der Waals surface area (Å²) in [4.78, 5) is 9.76. The number of hydrogen-bond acceptors (Lipinski definition) is 5. The number of benzene rings is 5. The minimum Gasteiger partial charge on any atom is -0.483 e. The molecule has 204 valence electrons. The zero-order valence-electron chi connectivity index (χ0n) is 23.4. The maximum atomic E-state index is 6.90. The van der Waals surface area contributed by atoms with Gasteiger partial charge in [-0.15, -0.1) is 0 Å². The van der Waals surface area contributed by atoms with E-state index in [0.717, 1.165) is 45.6 Å². The molecule has 1 aliphatic heterocycles. The first-order valence-electron chi connectivity index (χ1n) is 14.0. The average Bonchev–Trinajstić information content (AvgIpc) is 3.18. The van der Waals surface area contributed by atoms with Crippen LogP contribution in [0.3, 0.4) is 0 Å². The molecule has 1 aliphatic rings. The van der Waals surface area contributed by atoms with Gasteiger partial charge in [-0.05, 0) is 66.2 Å². The molecule has 1 N–H and O–H groups in total. The lowest BCUT2D eigenvalue weighted by molar-refractivity contribution is 0.175. The summed E-state index contributed by atoms with van der Waals surface area (Å²) in [7, 11) is 4.12. The van der Waals surface area contributed by atoms with Gasteiger partial charge in [-0.3, -0.25) is 4.90 Å². The Hall–Kier alpha value is -5.03. The normalized spacial score (nSPS) is 16.0. The Morgan fingerprint density at radius 3 is 1.80 bits per heavy atom. The molecule has 0 saturated carbocycles. The molecule has 0 radical (unpaired) electrons. The van der Waals surface area contributed by atoms with Crippen molar-refractivity contribution in [1.29, 1.82) is 0 Å². The Balaban J connectivity index is 1.54. The lowest BCUT2D eigenvalue weighted by Gasteiger charge is -2.34. The number of anilines is 4. The van der Waals surface area contributed by atoms with E-state index in [4.69, 9.17) is 9.73 Å². The molecular formula is C36H34N4O. The highest BCUT2D eigenvalue weighted by Gasteiger charge is 2.37. The van der Waals surface area contributed by atoms with Gasteiger partial charge in [-0.2, -0.15) is 0 Å².